The zero-order valence-corrected chi connectivity index (χ0v) is 16.1. The topological polar surface area (TPSA) is 55.1 Å². The summed E-state index contributed by atoms with van der Waals surface area (Å²) in [6.07, 6.45) is 5.63. The first-order valence-electron chi connectivity index (χ1n) is 10.00. The molecule has 0 atom stereocenters. The molecule has 146 valence electrons. The van der Waals surface area contributed by atoms with Crippen LogP contribution in [0.4, 0.5) is 0 Å². The lowest BCUT2D eigenvalue weighted by atomic mass is 10.2. The zero-order chi connectivity index (χ0) is 19.2. The lowest BCUT2D eigenvalue weighted by Gasteiger charge is -2.19. The fourth-order valence-corrected chi connectivity index (χ4v) is 3.81. The van der Waals surface area contributed by atoms with E-state index in [4.69, 9.17) is 0 Å². The van der Waals surface area contributed by atoms with Crippen molar-refractivity contribution in [3.8, 4) is 0 Å². The third-order valence-corrected chi connectivity index (χ3v) is 5.20. The van der Waals surface area contributed by atoms with Crippen molar-refractivity contribution in [1.29, 1.82) is 0 Å². The number of carbonyl (C=O) groups is 1. The molecule has 0 saturated carbocycles. The quantitative estimate of drug-likeness (QED) is 0.644. The highest BCUT2D eigenvalue weighted by atomic mass is 16.1. The van der Waals surface area contributed by atoms with Crippen molar-refractivity contribution >= 4 is 5.91 Å². The third-order valence-electron chi connectivity index (χ3n) is 5.20. The Morgan fingerprint density at radius 1 is 1.07 bits per heavy atom. The highest BCUT2D eigenvalue weighted by Gasteiger charge is 2.19. The maximum Gasteiger partial charge on any atom is 0.267 e. The number of carbonyl (C=O) groups excluding carboxylic acids is 1. The van der Waals surface area contributed by atoms with E-state index in [9.17, 15) is 4.79 Å². The van der Waals surface area contributed by atoms with Crippen LogP contribution in [0.1, 0.15) is 34.6 Å². The molecule has 0 aliphatic carbocycles. The van der Waals surface area contributed by atoms with Crippen LogP contribution in [0.3, 0.4) is 0 Å². The summed E-state index contributed by atoms with van der Waals surface area (Å²) in [5.74, 6) is 0.0169. The van der Waals surface area contributed by atoms with E-state index in [0.29, 0.717) is 6.54 Å². The van der Waals surface area contributed by atoms with Gasteiger partial charge in [-0.3, -0.25) is 14.4 Å². The lowest BCUT2D eigenvalue weighted by molar-refractivity contribution is 0.0943. The van der Waals surface area contributed by atoms with Crippen molar-refractivity contribution in [2.75, 3.05) is 13.1 Å². The van der Waals surface area contributed by atoms with Crippen molar-refractivity contribution < 1.29 is 4.79 Å². The van der Waals surface area contributed by atoms with Crippen LogP contribution < -0.4 is 5.32 Å². The second-order valence-electron chi connectivity index (χ2n) is 7.29. The molecule has 6 heteroatoms. The number of rotatable bonds is 7. The summed E-state index contributed by atoms with van der Waals surface area (Å²) in [7, 11) is 0. The van der Waals surface area contributed by atoms with Gasteiger partial charge in [0.05, 0.1) is 0 Å². The molecule has 0 unspecified atom stereocenters. The molecule has 3 aromatic rings. The van der Waals surface area contributed by atoms with Gasteiger partial charge in [0.2, 0.25) is 0 Å². The molecular weight excluding hydrogens is 350 g/mol. The Morgan fingerprint density at radius 3 is 2.79 bits per heavy atom. The van der Waals surface area contributed by atoms with Gasteiger partial charge in [-0.15, -0.1) is 0 Å². The smallest absolute Gasteiger partial charge is 0.267 e. The number of benzene rings is 1. The number of hydrogen-bond donors (Lipinski definition) is 1. The monoisotopic (exact) mass is 377 g/mol. The summed E-state index contributed by atoms with van der Waals surface area (Å²) in [5.41, 5.74) is 3.32. The van der Waals surface area contributed by atoms with Gasteiger partial charge in [0, 0.05) is 57.4 Å². The van der Waals surface area contributed by atoms with Gasteiger partial charge < -0.3 is 9.88 Å². The SMILES string of the molecule is O=C(NCCCn1cccn1)c1ccc2n1CCCN(Cc1ccccc1)C2. The van der Waals surface area contributed by atoms with E-state index < -0.39 is 0 Å². The van der Waals surface area contributed by atoms with Crippen LogP contribution >= 0.6 is 0 Å². The molecule has 1 amide bonds. The summed E-state index contributed by atoms with van der Waals surface area (Å²) < 4.78 is 4.07. The summed E-state index contributed by atoms with van der Waals surface area (Å²) in [6, 6.07) is 16.5. The van der Waals surface area contributed by atoms with E-state index in [2.05, 4.69) is 56.3 Å². The number of fused-ring (bicyclic) bond motifs is 1. The van der Waals surface area contributed by atoms with Gasteiger partial charge in [-0.25, -0.2) is 0 Å². The average Bonchev–Trinajstić information content (AvgIpc) is 3.32. The molecule has 0 spiro atoms. The first kappa shape index (κ1) is 18.5. The second-order valence-corrected chi connectivity index (χ2v) is 7.29. The molecule has 1 aromatic carbocycles. The molecule has 1 aliphatic rings. The standard InChI is InChI=1S/C22H27N5O/c28-22(23-11-4-14-26-15-5-12-24-26)21-10-9-20-18-25(13-6-16-27(20)21)17-19-7-2-1-3-8-19/h1-3,5,7-10,12,15H,4,6,11,13-14,16-18H2,(H,23,28). The Labute approximate surface area is 165 Å². The van der Waals surface area contributed by atoms with Crippen molar-refractivity contribution in [2.45, 2.75) is 39.0 Å². The van der Waals surface area contributed by atoms with E-state index in [1.807, 2.05) is 23.0 Å². The minimum atomic E-state index is 0.0169. The van der Waals surface area contributed by atoms with Crippen molar-refractivity contribution in [3.05, 3.63) is 77.9 Å². The number of amides is 1. The fraction of sp³-hybridized carbons (Fsp3) is 0.364. The van der Waals surface area contributed by atoms with Crippen LogP contribution in [-0.4, -0.2) is 38.2 Å². The number of aryl methyl sites for hydroxylation is 1. The van der Waals surface area contributed by atoms with Gasteiger partial charge in [0.25, 0.3) is 5.91 Å². The lowest BCUT2D eigenvalue weighted by Crippen LogP contribution is -2.28. The molecule has 1 aliphatic heterocycles. The van der Waals surface area contributed by atoms with Crippen LogP contribution in [0.5, 0.6) is 0 Å². The van der Waals surface area contributed by atoms with Crippen LogP contribution in [-0.2, 0) is 26.2 Å². The summed E-state index contributed by atoms with van der Waals surface area (Å²) >= 11 is 0. The van der Waals surface area contributed by atoms with E-state index >= 15 is 0 Å². The maximum absolute atomic E-state index is 12.7. The van der Waals surface area contributed by atoms with E-state index in [1.165, 1.54) is 11.3 Å². The van der Waals surface area contributed by atoms with E-state index in [1.54, 1.807) is 6.20 Å². The first-order valence-corrected chi connectivity index (χ1v) is 10.00. The molecule has 6 nitrogen and oxygen atoms in total. The Bertz CT molecular complexity index is 885. The van der Waals surface area contributed by atoms with E-state index in [0.717, 1.165) is 51.3 Å². The number of nitrogens with one attached hydrogen (secondary N) is 1. The highest BCUT2D eigenvalue weighted by molar-refractivity contribution is 5.92. The molecular formula is C22H27N5O. The first-order chi connectivity index (χ1) is 13.8. The normalized spacial score (nSPS) is 14.4. The van der Waals surface area contributed by atoms with Crippen LogP contribution in [0.2, 0.25) is 0 Å². The molecule has 4 rings (SSSR count). The Hall–Kier alpha value is -2.86. The summed E-state index contributed by atoms with van der Waals surface area (Å²) in [4.78, 5) is 15.1. The minimum absolute atomic E-state index is 0.0169. The Balaban J connectivity index is 1.33. The highest BCUT2D eigenvalue weighted by Crippen LogP contribution is 2.19. The van der Waals surface area contributed by atoms with Crippen molar-refractivity contribution in [2.24, 2.45) is 0 Å². The van der Waals surface area contributed by atoms with Crippen molar-refractivity contribution in [1.82, 2.24) is 24.6 Å². The molecule has 3 heterocycles. The molecule has 1 N–H and O–H groups in total. The third kappa shape index (κ3) is 4.51. The van der Waals surface area contributed by atoms with Gasteiger partial charge in [-0.1, -0.05) is 30.3 Å². The molecule has 28 heavy (non-hydrogen) atoms. The molecule has 2 aromatic heterocycles. The van der Waals surface area contributed by atoms with Crippen molar-refractivity contribution in [3.63, 3.8) is 0 Å². The van der Waals surface area contributed by atoms with Gasteiger partial charge in [-0.05, 0) is 36.6 Å². The maximum atomic E-state index is 12.7. The van der Waals surface area contributed by atoms with Gasteiger partial charge in [0.15, 0.2) is 0 Å². The predicted molar refractivity (Wildman–Crippen MR) is 109 cm³/mol. The minimum Gasteiger partial charge on any atom is -0.351 e. The second kappa shape index (κ2) is 8.89. The zero-order valence-electron chi connectivity index (χ0n) is 16.1. The Morgan fingerprint density at radius 2 is 1.96 bits per heavy atom. The largest absolute Gasteiger partial charge is 0.351 e. The van der Waals surface area contributed by atoms with Crippen LogP contribution in [0.25, 0.3) is 0 Å². The summed E-state index contributed by atoms with van der Waals surface area (Å²) in [5, 5.41) is 7.24. The average molecular weight is 377 g/mol. The molecule has 0 saturated heterocycles. The van der Waals surface area contributed by atoms with E-state index in [-0.39, 0.29) is 5.91 Å². The number of hydrogen-bond acceptors (Lipinski definition) is 3. The van der Waals surface area contributed by atoms with Gasteiger partial charge >= 0.3 is 0 Å². The van der Waals surface area contributed by atoms with Gasteiger partial charge in [0.1, 0.15) is 5.69 Å². The molecule has 0 radical (unpaired) electrons. The molecule has 0 bridgehead atoms. The number of aromatic nitrogens is 3. The predicted octanol–water partition coefficient (Wildman–Crippen LogP) is 2.91. The molecule has 0 fully saturated rings. The Kier molecular flexibility index (Phi) is 5.87. The summed E-state index contributed by atoms with van der Waals surface area (Å²) in [6.45, 7) is 5.22. The van der Waals surface area contributed by atoms with Crippen LogP contribution in [0, 0.1) is 0 Å². The fourth-order valence-electron chi connectivity index (χ4n) is 3.81. The number of nitrogens with zero attached hydrogens (tertiary/aromatic N) is 4. The van der Waals surface area contributed by atoms with Crippen LogP contribution in [0.15, 0.2) is 60.9 Å². The van der Waals surface area contributed by atoms with Gasteiger partial charge in [-0.2, -0.15) is 5.10 Å².